The van der Waals surface area contributed by atoms with Gasteiger partial charge in [0.1, 0.15) is 0 Å². The zero-order valence-corrected chi connectivity index (χ0v) is 13.4. The molecule has 1 fully saturated rings. The molecule has 0 aliphatic carbocycles. The van der Waals surface area contributed by atoms with Gasteiger partial charge in [-0.1, -0.05) is 18.2 Å². The van der Waals surface area contributed by atoms with Crippen molar-refractivity contribution in [3.05, 3.63) is 29.8 Å². The van der Waals surface area contributed by atoms with Gasteiger partial charge in [0.15, 0.2) is 9.84 Å². The molecule has 1 aromatic carbocycles. The fraction of sp³-hybridized carbons (Fsp3) is 0.562. The number of anilines is 1. The molecule has 2 heterocycles. The van der Waals surface area contributed by atoms with E-state index in [1.165, 1.54) is 11.3 Å². The molecule has 5 nitrogen and oxygen atoms in total. The van der Waals surface area contributed by atoms with Crippen LogP contribution in [0.15, 0.2) is 24.3 Å². The van der Waals surface area contributed by atoms with E-state index in [9.17, 15) is 13.2 Å². The van der Waals surface area contributed by atoms with E-state index in [-0.39, 0.29) is 23.3 Å². The number of nitrogens with zero attached hydrogens (tertiary/aromatic N) is 1. The Hall–Kier alpha value is -1.56. The molecule has 2 aliphatic rings. The van der Waals surface area contributed by atoms with E-state index in [1.54, 1.807) is 0 Å². The molecule has 2 aliphatic heterocycles. The lowest BCUT2D eigenvalue weighted by Gasteiger charge is -2.31. The number of rotatable bonds is 4. The predicted octanol–water partition coefficient (Wildman–Crippen LogP) is 0.990. The van der Waals surface area contributed by atoms with Gasteiger partial charge in [0.25, 0.3) is 0 Å². The van der Waals surface area contributed by atoms with Crippen molar-refractivity contribution in [1.82, 2.24) is 5.32 Å². The van der Waals surface area contributed by atoms with Gasteiger partial charge in [0.05, 0.1) is 17.4 Å². The number of aryl methyl sites for hydroxylation is 1. The Morgan fingerprint density at radius 3 is 2.91 bits per heavy atom. The number of amides is 1. The normalized spacial score (nSPS) is 23.1. The summed E-state index contributed by atoms with van der Waals surface area (Å²) < 4.78 is 22.8. The number of hydrogen-bond acceptors (Lipinski definition) is 4. The largest absolute Gasteiger partial charge is 0.370 e. The lowest BCUT2D eigenvalue weighted by atomic mass is 10.0. The molecule has 1 amide bonds. The Morgan fingerprint density at radius 2 is 2.14 bits per heavy atom. The summed E-state index contributed by atoms with van der Waals surface area (Å²) in [6, 6.07) is 8.38. The Labute approximate surface area is 131 Å². The van der Waals surface area contributed by atoms with Crippen molar-refractivity contribution in [2.45, 2.75) is 19.3 Å². The molecule has 0 aromatic heterocycles. The molecule has 1 aromatic rings. The average Bonchev–Trinajstić information content (AvgIpc) is 2.88. The fourth-order valence-corrected chi connectivity index (χ4v) is 5.05. The second-order valence-corrected chi connectivity index (χ2v) is 8.34. The monoisotopic (exact) mass is 322 g/mol. The SMILES string of the molecule is O=C(NCCN1CCCc2ccccc21)[C@@H]1CCS(=O)(=O)C1. The van der Waals surface area contributed by atoms with Crippen LogP contribution in [0.25, 0.3) is 0 Å². The first-order chi connectivity index (χ1) is 10.6. The molecule has 0 saturated carbocycles. The molecular formula is C16H22N2O3S. The smallest absolute Gasteiger partial charge is 0.224 e. The first-order valence-corrected chi connectivity index (χ1v) is 9.68. The van der Waals surface area contributed by atoms with E-state index >= 15 is 0 Å². The van der Waals surface area contributed by atoms with Crippen LogP contribution in [-0.2, 0) is 21.1 Å². The number of sulfone groups is 1. The summed E-state index contributed by atoms with van der Waals surface area (Å²) in [4.78, 5) is 14.3. The Morgan fingerprint density at radius 1 is 1.32 bits per heavy atom. The molecule has 3 rings (SSSR count). The maximum absolute atomic E-state index is 12.0. The predicted molar refractivity (Wildman–Crippen MR) is 86.7 cm³/mol. The van der Waals surface area contributed by atoms with Crippen LogP contribution in [0, 0.1) is 5.92 Å². The molecule has 0 unspecified atom stereocenters. The zero-order chi connectivity index (χ0) is 15.6. The zero-order valence-electron chi connectivity index (χ0n) is 12.6. The molecule has 1 atom stereocenters. The summed E-state index contributed by atoms with van der Waals surface area (Å²) in [5.41, 5.74) is 2.62. The summed E-state index contributed by atoms with van der Waals surface area (Å²) in [5, 5.41) is 2.90. The highest BCUT2D eigenvalue weighted by Gasteiger charge is 2.32. The number of fused-ring (bicyclic) bond motifs is 1. The third-order valence-corrected chi connectivity index (χ3v) is 6.26. The maximum atomic E-state index is 12.0. The lowest BCUT2D eigenvalue weighted by molar-refractivity contribution is -0.124. The summed E-state index contributed by atoms with van der Waals surface area (Å²) in [6.07, 6.45) is 2.70. The highest BCUT2D eigenvalue weighted by atomic mass is 32.2. The maximum Gasteiger partial charge on any atom is 0.224 e. The average molecular weight is 322 g/mol. The minimum Gasteiger partial charge on any atom is -0.370 e. The van der Waals surface area contributed by atoms with E-state index in [4.69, 9.17) is 0 Å². The molecular weight excluding hydrogens is 300 g/mol. The standard InChI is InChI=1S/C16H22N2O3S/c19-16(14-7-11-22(20,21)12-14)17-8-10-18-9-3-5-13-4-1-2-6-15(13)18/h1-2,4,6,14H,3,5,7-12H2,(H,17,19)/t14-/m1/s1. The second kappa shape index (κ2) is 6.28. The highest BCUT2D eigenvalue weighted by Crippen LogP contribution is 2.26. The van der Waals surface area contributed by atoms with Gasteiger partial charge < -0.3 is 10.2 Å². The lowest BCUT2D eigenvalue weighted by Crippen LogP contribution is -2.39. The van der Waals surface area contributed by atoms with Gasteiger partial charge in [-0.2, -0.15) is 0 Å². The van der Waals surface area contributed by atoms with Crippen LogP contribution in [0.4, 0.5) is 5.69 Å². The highest BCUT2D eigenvalue weighted by molar-refractivity contribution is 7.91. The number of hydrogen-bond donors (Lipinski definition) is 1. The van der Waals surface area contributed by atoms with Crippen molar-refractivity contribution >= 4 is 21.4 Å². The van der Waals surface area contributed by atoms with Crippen molar-refractivity contribution in [3.8, 4) is 0 Å². The third-order valence-electron chi connectivity index (χ3n) is 4.49. The Kier molecular flexibility index (Phi) is 4.38. The van der Waals surface area contributed by atoms with Gasteiger partial charge in [-0.05, 0) is 30.9 Å². The molecule has 22 heavy (non-hydrogen) atoms. The van der Waals surface area contributed by atoms with Gasteiger partial charge in [-0.15, -0.1) is 0 Å². The quantitative estimate of drug-likeness (QED) is 0.898. The summed E-state index contributed by atoms with van der Waals surface area (Å²) in [5.74, 6) is -0.333. The van der Waals surface area contributed by atoms with Gasteiger partial charge in [-0.3, -0.25) is 4.79 Å². The van der Waals surface area contributed by atoms with Gasteiger partial charge in [-0.25, -0.2) is 8.42 Å². The minimum absolute atomic E-state index is 0.00534. The topological polar surface area (TPSA) is 66.5 Å². The van der Waals surface area contributed by atoms with Crippen LogP contribution >= 0.6 is 0 Å². The number of carbonyl (C=O) groups is 1. The van der Waals surface area contributed by atoms with Crippen LogP contribution in [0.2, 0.25) is 0 Å². The Bertz CT molecular complexity index is 657. The number of nitrogens with one attached hydrogen (secondary N) is 1. The third kappa shape index (κ3) is 3.43. The van der Waals surface area contributed by atoms with Crippen LogP contribution in [0.5, 0.6) is 0 Å². The minimum atomic E-state index is -3.00. The van der Waals surface area contributed by atoms with Gasteiger partial charge in [0.2, 0.25) is 5.91 Å². The van der Waals surface area contributed by atoms with Gasteiger partial charge >= 0.3 is 0 Å². The second-order valence-electron chi connectivity index (χ2n) is 6.11. The molecule has 120 valence electrons. The van der Waals surface area contributed by atoms with Crippen LogP contribution < -0.4 is 10.2 Å². The molecule has 1 saturated heterocycles. The first kappa shape index (κ1) is 15.3. The van der Waals surface area contributed by atoms with Crippen molar-refractivity contribution in [3.63, 3.8) is 0 Å². The van der Waals surface area contributed by atoms with Crippen molar-refractivity contribution in [2.24, 2.45) is 5.92 Å². The fourth-order valence-electron chi connectivity index (χ4n) is 3.30. The summed E-state index contributed by atoms with van der Waals surface area (Å²) in [6.45, 7) is 2.33. The van der Waals surface area contributed by atoms with Crippen molar-refractivity contribution < 1.29 is 13.2 Å². The van der Waals surface area contributed by atoms with Gasteiger partial charge in [0, 0.05) is 25.3 Å². The van der Waals surface area contributed by atoms with Crippen molar-refractivity contribution in [2.75, 3.05) is 36.0 Å². The number of benzene rings is 1. The molecule has 6 heteroatoms. The van der Waals surface area contributed by atoms with E-state index in [2.05, 4.69) is 28.4 Å². The van der Waals surface area contributed by atoms with Crippen LogP contribution in [0.1, 0.15) is 18.4 Å². The molecule has 1 N–H and O–H groups in total. The van der Waals surface area contributed by atoms with E-state index in [0.29, 0.717) is 13.0 Å². The van der Waals surface area contributed by atoms with E-state index in [1.807, 2.05) is 6.07 Å². The molecule has 0 bridgehead atoms. The number of para-hydroxylation sites is 1. The number of carbonyl (C=O) groups excluding carboxylic acids is 1. The summed E-state index contributed by atoms with van der Waals surface area (Å²) >= 11 is 0. The van der Waals surface area contributed by atoms with E-state index in [0.717, 1.165) is 25.9 Å². The molecule has 0 spiro atoms. The van der Waals surface area contributed by atoms with E-state index < -0.39 is 9.84 Å². The first-order valence-electron chi connectivity index (χ1n) is 7.86. The summed E-state index contributed by atoms with van der Waals surface area (Å²) in [7, 11) is -3.00. The van der Waals surface area contributed by atoms with Crippen molar-refractivity contribution in [1.29, 1.82) is 0 Å². The Balaban J connectivity index is 1.51. The van der Waals surface area contributed by atoms with Crippen LogP contribution in [0.3, 0.4) is 0 Å². The van der Waals surface area contributed by atoms with Crippen LogP contribution in [-0.4, -0.2) is 45.5 Å². The molecule has 0 radical (unpaired) electrons.